The lowest BCUT2D eigenvalue weighted by atomic mass is 10.2. The molecule has 0 amide bonds. The quantitative estimate of drug-likeness (QED) is 0.663. The fraction of sp³-hybridized carbons (Fsp3) is 0.263. The summed E-state index contributed by atoms with van der Waals surface area (Å²) in [4.78, 5) is 12.6. The van der Waals surface area contributed by atoms with Gasteiger partial charge in [0, 0.05) is 48.2 Å². The molecule has 0 atom stereocenters. The molecule has 2 aromatic heterocycles. The Bertz CT molecular complexity index is 727. The van der Waals surface area contributed by atoms with E-state index in [2.05, 4.69) is 33.2 Å². The van der Waals surface area contributed by atoms with Gasteiger partial charge in [-0.25, -0.2) is 4.98 Å². The van der Waals surface area contributed by atoms with Crippen LogP contribution < -0.4 is 5.32 Å². The number of hydrogen-bond donors (Lipinski definition) is 1. The summed E-state index contributed by atoms with van der Waals surface area (Å²) in [6, 6.07) is 16.2. The molecule has 0 saturated carbocycles. The van der Waals surface area contributed by atoms with Gasteiger partial charge in [0.15, 0.2) is 5.13 Å². The minimum Gasteiger partial charge on any atom is -0.332 e. The number of pyridine rings is 1. The van der Waals surface area contributed by atoms with E-state index in [1.54, 1.807) is 11.3 Å². The summed E-state index contributed by atoms with van der Waals surface area (Å²) in [6.45, 7) is 5.15. The molecule has 1 aromatic carbocycles. The molecule has 0 aliphatic carbocycles. The molecule has 5 heteroatoms. The van der Waals surface area contributed by atoms with Crippen molar-refractivity contribution in [3.63, 3.8) is 0 Å². The molecule has 0 fully saturated rings. The van der Waals surface area contributed by atoms with Crippen LogP contribution in [0.2, 0.25) is 0 Å². The van der Waals surface area contributed by atoms with Crippen LogP contribution >= 0.6 is 11.3 Å². The van der Waals surface area contributed by atoms with Gasteiger partial charge in [0.1, 0.15) is 0 Å². The summed E-state index contributed by atoms with van der Waals surface area (Å²) < 4.78 is 0. The lowest BCUT2D eigenvalue weighted by Crippen LogP contribution is -2.25. The molecule has 0 spiro atoms. The largest absolute Gasteiger partial charge is 0.332 e. The number of aromatic nitrogens is 2. The van der Waals surface area contributed by atoms with Crippen LogP contribution in [-0.4, -0.2) is 28.0 Å². The van der Waals surface area contributed by atoms with Crippen LogP contribution in [-0.2, 0) is 13.0 Å². The average Bonchev–Trinajstić information content (AvgIpc) is 3.07. The van der Waals surface area contributed by atoms with Crippen LogP contribution in [0.4, 0.5) is 10.8 Å². The molecule has 124 valence electrons. The zero-order chi connectivity index (χ0) is 16.6. The first-order valence-electron chi connectivity index (χ1n) is 8.22. The number of benzene rings is 1. The van der Waals surface area contributed by atoms with Gasteiger partial charge in [0.25, 0.3) is 0 Å². The molecule has 3 rings (SSSR count). The topological polar surface area (TPSA) is 41.1 Å². The van der Waals surface area contributed by atoms with Gasteiger partial charge in [-0.05, 0) is 30.8 Å². The molecule has 3 aromatic rings. The van der Waals surface area contributed by atoms with Crippen LogP contribution in [0, 0.1) is 0 Å². The van der Waals surface area contributed by atoms with Gasteiger partial charge in [-0.3, -0.25) is 9.88 Å². The van der Waals surface area contributed by atoms with E-state index >= 15 is 0 Å². The molecule has 0 radical (unpaired) electrons. The average molecular weight is 338 g/mol. The maximum Gasteiger partial charge on any atom is 0.187 e. The number of para-hydroxylation sites is 1. The Hall–Kier alpha value is -2.24. The predicted molar refractivity (Wildman–Crippen MR) is 101 cm³/mol. The lowest BCUT2D eigenvalue weighted by molar-refractivity contribution is 0.285. The van der Waals surface area contributed by atoms with Crippen LogP contribution in [0.5, 0.6) is 0 Å². The van der Waals surface area contributed by atoms with Crippen molar-refractivity contribution < 1.29 is 0 Å². The third-order valence-corrected chi connectivity index (χ3v) is 4.71. The molecular formula is C19H22N4S. The Morgan fingerprint density at radius 3 is 2.62 bits per heavy atom. The Morgan fingerprint density at radius 2 is 1.88 bits per heavy atom. The van der Waals surface area contributed by atoms with E-state index in [4.69, 9.17) is 0 Å². The van der Waals surface area contributed by atoms with Crippen LogP contribution in [0.1, 0.15) is 17.5 Å². The maximum absolute atomic E-state index is 4.49. The van der Waals surface area contributed by atoms with Crippen molar-refractivity contribution in [1.29, 1.82) is 0 Å². The first kappa shape index (κ1) is 16.6. The van der Waals surface area contributed by atoms with Gasteiger partial charge in [-0.1, -0.05) is 31.2 Å². The standard InChI is InChI=1S/C19H22N4S/c1-2-23(13-11-16-8-6-7-12-20-16)15-18-14-21-19(24-18)22-17-9-4-3-5-10-17/h3-10,12,14H,2,11,13,15H2,1H3,(H,21,22). The van der Waals surface area contributed by atoms with Crippen molar-refractivity contribution in [3.05, 3.63) is 71.5 Å². The summed E-state index contributed by atoms with van der Waals surface area (Å²) in [6.07, 6.45) is 4.80. The lowest BCUT2D eigenvalue weighted by Gasteiger charge is -2.18. The molecule has 4 nitrogen and oxygen atoms in total. The highest BCUT2D eigenvalue weighted by Crippen LogP contribution is 2.23. The molecular weight excluding hydrogens is 316 g/mol. The molecule has 24 heavy (non-hydrogen) atoms. The summed E-state index contributed by atoms with van der Waals surface area (Å²) >= 11 is 1.71. The number of nitrogens with one attached hydrogen (secondary N) is 1. The Labute approximate surface area is 147 Å². The maximum atomic E-state index is 4.49. The normalized spacial score (nSPS) is 10.9. The Balaban J connectivity index is 1.54. The zero-order valence-corrected chi connectivity index (χ0v) is 14.7. The van der Waals surface area contributed by atoms with Crippen molar-refractivity contribution in [3.8, 4) is 0 Å². The van der Waals surface area contributed by atoms with E-state index in [0.717, 1.165) is 42.6 Å². The van der Waals surface area contributed by atoms with Crippen molar-refractivity contribution >= 4 is 22.2 Å². The second-order valence-corrected chi connectivity index (χ2v) is 6.68. The van der Waals surface area contributed by atoms with E-state index in [1.807, 2.05) is 54.9 Å². The van der Waals surface area contributed by atoms with Crippen LogP contribution in [0.25, 0.3) is 0 Å². The van der Waals surface area contributed by atoms with Crippen LogP contribution in [0.15, 0.2) is 60.9 Å². The summed E-state index contributed by atoms with van der Waals surface area (Å²) in [5.41, 5.74) is 2.22. The fourth-order valence-electron chi connectivity index (χ4n) is 2.47. The van der Waals surface area contributed by atoms with Crippen molar-refractivity contribution in [2.45, 2.75) is 19.9 Å². The molecule has 2 heterocycles. The van der Waals surface area contributed by atoms with E-state index < -0.39 is 0 Å². The number of thiazole rings is 1. The van der Waals surface area contributed by atoms with Gasteiger partial charge in [0.05, 0.1) is 0 Å². The van der Waals surface area contributed by atoms with E-state index in [0.29, 0.717) is 0 Å². The SMILES string of the molecule is CCN(CCc1ccccn1)Cc1cnc(Nc2ccccc2)s1. The van der Waals surface area contributed by atoms with Gasteiger partial charge >= 0.3 is 0 Å². The minimum absolute atomic E-state index is 0.928. The molecule has 0 aliphatic heterocycles. The highest BCUT2D eigenvalue weighted by molar-refractivity contribution is 7.15. The van der Waals surface area contributed by atoms with E-state index in [1.165, 1.54) is 4.88 Å². The number of nitrogens with zero attached hydrogens (tertiary/aromatic N) is 3. The zero-order valence-electron chi connectivity index (χ0n) is 13.9. The Kier molecular flexibility index (Phi) is 5.93. The molecule has 0 aliphatic rings. The highest BCUT2D eigenvalue weighted by atomic mass is 32.1. The third-order valence-electron chi connectivity index (χ3n) is 3.82. The second-order valence-electron chi connectivity index (χ2n) is 5.56. The van der Waals surface area contributed by atoms with Crippen molar-refractivity contribution in [2.75, 3.05) is 18.4 Å². The summed E-state index contributed by atoms with van der Waals surface area (Å²) in [7, 11) is 0. The first-order valence-corrected chi connectivity index (χ1v) is 9.04. The first-order chi connectivity index (χ1) is 11.8. The Morgan fingerprint density at radius 1 is 1.04 bits per heavy atom. The van der Waals surface area contributed by atoms with E-state index in [-0.39, 0.29) is 0 Å². The summed E-state index contributed by atoms with van der Waals surface area (Å²) in [5.74, 6) is 0. The number of likely N-dealkylation sites (N-methyl/N-ethyl adjacent to an activating group) is 1. The van der Waals surface area contributed by atoms with E-state index in [9.17, 15) is 0 Å². The van der Waals surface area contributed by atoms with Gasteiger partial charge < -0.3 is 5.32 Å². The second kappa shape index (κ2) is 8.57. The predicted octanol–water partition coefficient (Wildman–Crippen LogP) is 4.35. The number of anilines is 2. The number of hydrogen-bond acceptors (Lipinski definition) is 5. The van der Waals surface area contributed by atoms with Crippen molar-refractivity contribution in [2.24, 2.45) is 0 Å². The monoisotopic (exact) mass is 338 g/mol. The molecule has 1 N–H and O–H groups in total. The molecule has 0 saturated heterocycles. The van der Waals surface area contributed by atoms with Gasteiger partial charge in [-0.2, -0.15) is 0 Å². The van der Waals surface area contributed by atoms with Gasteiger partial charge in [0.2, 0.25) is 0 Å². The van der Waals surface area contributed by atoms with Gasteiger partial charge in [-0.15, -0.1) is 11.3 Å². The number of rotatable bonds is 8. The molecule has 0 unspecified atom stereocenters. The fourth-order valence-corrected chi connectivity index (χ4v) is 3.35. The smallest absolute Gasteiger partial charge is 0.187 e. The molecule has 0 bridgehead atoms. The minimum atomic E-state index is 0.928. The third kappa shape index (κ3) is 4.88. The highest BCUT2D eigenvalue weighted by Gasteiger charge is 2.08. The summed E-state index contributed by atoms with van der Waals surface area (Å²) in [5, 5.41) is 4.29. The van der Waals surface area contributed by atoms with Crippen LogP contribution in [0.3, 0.4) is 0 Å². The van der Waals surface area contributed by atoms with Crippen molar-refractivity contribution in [1.82, 2.24) is 14.9 Å².